The van der Waals surface area contributed by atoms with E-state index in [1.165, 1.54) is 11.4 Å². The second-order valence-electron chi connectivity index (χ2n) is 6.58. The number of aryl methyl sites for hydroxylation is 2. The maximum Gasteiger partial charge on any atom is 0.309 e. The van der Waals surface area contributed by atoms with Gasteiger partial charge in [-0.3, -0.25) is 4.79 Å². The van der Waals surface area contributed by atoms with Gasteiger partial charge >= 0.3 is 5.97 Å². The summed E-state index contributed by atoms with van der Waals surface area (Å²) in [5.41, 5.74) is 3.68. The number of rotatable bonds is 4. The first-order valence-corrected chi connectivity index (χ1v) is 8.50. The standard InChI is InChI=1S/C20H25NO2/c1-15-8-9-16(2)21(15)19-12-10-18(11-13-19)20(22)23-14-17-6-4-3-5-7-17/h3-9,18-19H,10-14H2,1-2H3/t18-,19-. The molecule has 1 heterocycles. The summed E-state index contributed by atoms with van der Waals surface area (Å²) in [6.07, 6.45) is 3.97. The molecule has 1 aliphatic rings. The first-order chi connectivity index (χ1) is 11.1. The fourth-order valence-corrected chi connectivity index (χ4v) is 3.67. The van der Waals surface area contributed by atoms with Gasteiger partial charge in [0.2, 0.25) is 0 Å². The van der Waals surface area contributed by atoms with Crippen molar-refractivity contribution in [1.82, 2.24) is 4.57 Å². The number of nitrogens with zero attached hydrogens (tertiary/aromatic N) is 1. The Bertz CT molecular complexity index is 632. The Hall–Kier alpha value is -2.03. The van der Waals surface area contributed by atoms with Crippen LogP contribution >= 0.6 is 0 Å². The van der Waals surface area contributed by atoms with Crippen LogP contribution in [0.1, 0.15) is 48.7 Å². The monoisotopic (exact) mass is 311 g/mol. The highest BCUT2D eigenvalue weighted by Gasteiger charge is 2.28. The fourth-order valence-electron chi connectivity index (χ4n) is 3.67. The maximum absolute atomic E-state index is 12.3. The summed E-state index contributed by atoms with van der Waals surface area (Å²) < 4.78 is 7.92. The molecular weight excluding hydrogens is 286 g/mol. The summed E-state index contributed by atoms with van der Waals surface area (Å²) in [6, 6.07) is 14.8. The van der Waals surface area contributed by atoms with Gasteiger partial charge in [0, 0.05) is 17.4 Å². The summed E-state index contributed by atoms with van der Waals surface area (Å²) in [5.74, 6) is 0.0272. The number of aromatic nitrogens is 1. The minimum absolute atomic E-state index is 0.0340. The van der Waals surface area contributed by atoms with Crippen molar-refractivity contribution >= 4 is 5.97 Å². The average Bonchev–Trinajstić information content (AvgIpc) is 2.92. The van der Waals surface area contributed by atoms with Crippen LogP contribution in [0.4, 0.5) is 0 Å². The molecule has 2 aromatic rings. The zero-order valence-corrected chi connectivity index (χ0v) is 14.0. The van der Waals surface area contributed by atoms with E-state index in [4.69, 9.17) is 4.74 Å². The molecule has 0 radical (unpaired) electrons. The SMILES string of the molecule is Cc1ccc(C)n1[C@H]1CC[C@H](C(=O)OCc2ccccc2)CC1. The van der Waals surface area contributed by atoms with Gasteiger partial charge in [-0.15, -0.1) is 0 Å². The molecule has 3 nitrogen and oxygen atoms in total. The molecule has 0 aliphatic heterocycles. The minimum atomic E-state index is -0.0340. The lowest BCUT2D eigenvalue weighted by Gasteiger charge is -2.30. The van der Waals surface area contributed by atoms with Crippen LogP contribution in [0.5, 0.6) is 0 Å². The molecule has 1 aliphatic carbocycles. The highest BCUT2D eigenvalue weighted by atomic mass is 16.5. The number of hydrogen-bond acceptors (Lipinski definition) is 2. The smallest absolute Gasteiger partial charge is 0.309 e. The van der Waals surface area contributed by atoms with Gasteiger partial charge in [0.15, 0.2) is 0 Å². The van der Waals surface area contributed by atoms with Crippen molar-refractivity contribution in [3.8, 4) is 0 Å². The quantitative estimate of drug-likeness (QED) is 0.774. The highest BCUT2D eigenvalue weighted by molar-refractivity contribution is 5.72. The lowest BCUT2D eigenvalue weighted by atomic mass is 9.85. The van der Waals surface area contributed by atoms with Crippen LogP contribution in [0, 0.1) is 19.8 Å². The van der Waals surface area contributed by atoms with E-state index < -0.39 is 0 Å². The summed E-state index contributed by atoms with van der Waals surface area (Å²) in [6.45, 7) is 4.70. The van der Waals surface area contributed by atoms with Gasteiger partial charge in [-0.25, -0.2) is 0 Å². The third kappa shape index (κ3) is 3.66. The van der Waals surface area contributed by atoms with Gasteiger partial charge in [-0.1, -0.05) is 30.3 Å². The zero-order valence-electron chi connectivity index (χ0n) is 14.0. The Morgan fingerprint density at radius 2 is 1.61 bits per heavy atom. The lowest BCUT2D eigenvalue weighted by molar-refractivity contribution is -0.151. The van der Waals surface area contributed by atoms with Gasteiger partial charge < -0.3 is 9.30 Å². The summed E-state index contributed by atoms with van der Waals surface area (Å²) >= 11 is 0. The summed E-state index contributed by atoms with van der Waals surface area (Å²) in [5, 5.41) is 0. The molecule has 0 spiro atoms. The van der Waals surface area contributed by atoms with Crippen molar-refractivity contribution in [2.45, 2.75) is 52.2 Å². The van der Waals surface area contributed by atoms with E-state index in [2.05, 4.69) is 30.5 Å². The van der Waals surface area contributed by atoms with Crippen LogP contribution in [0.15, 0.2) is 42.5 Å². The first-order valence-electron chi connectivity index (χ1n) is 8.50. The van der Waals surface area contributed by atoms with Gasteiger partial charge in [-0.05, 0) is 57.2 Å². The molecule has 23 heavy (non-hydrogen) atoms. The molecule has 0 bridgehead atoms. The zero-order chi connectivity index (χ0) is 16.2. The third-order valence-electron chi connectivity index (χ3n) is 4.94. The molecule has 1 saturated carbocycles. The third-order valence-corrected chi connectivity index (χ3v) is 4.94. The molecule has 3 heteroatoms. The number of carbonyl (C=O) groups is 1. The van der Waals surface area contributed by atoms with Crippen LogP contribution in [0.25, 0.3) is 0 Å². The molecule has 0 N–H and O–H groups in total. The van der Waals surface area contributed by atoms with Crippen LogP contribution in [0.3, 0.4) is 0 Å². The Morgan fingerprint density at radius 3 is 2.22 bits per heavy atom. The molecule has 3 rings (SSSR count). The Balaban J connectivity index is 1.51. The molecule has 0 saturated heterocycles. The van der Waals surface area contributed by atoms with E-state index in [0.29, 0.717) is 12.6 Å². The Kier molecular flexibility index (Phi) is 4.85. The van der Waals surface area contributed by atoms with Crippen molar-refractivity contribution in [2.75, 3.05) is 0 Å². The minimum Gasteiger partial charge on any atom is -0.461 e. The number of carbonyl (C=O) groups excluding carboxylic acids is 1. The summed E-state index contributed by atoms with van der Waals surface area (Å²) in [7, 11) is 0. The van der Waals surface area contributed by atoms with Crippen molar-refractivity contribution < 1.29 is 9.53 Å². The molecule has 0 amide bonds. The van der Waals surface area contributed by atoms with Gasteiger partial charge in [-0.2, -0.15) is 0 Å². The van der Waals surface area contributed by atoms with Gasteiger partial charge in [0.1, 0.15) is 6.61 Å². The van der Waals surface area contributed by atoms with Crippen LogP contribution in [-0.4, -0.2) is 10.5 Å². The molecular formula is C20H25NO2. The number of benzene rings is 1. The van der Waals surface area contributed by atoms with E-state index in [1.54, 1.807) is 0 Å². The molecule has 1 aromatic heterocycles. The van der Waals surface area contributed by atoms with Crippen molar-refractivity contribution in [3.05, 3.63) is 59.4 Å². The van der Waals surface area contributed by atoms with E-state index in [9.17, 15) is 4.79 Å². The highest BCUT2D eigenvalue weighted by Crippen LogP contribution is 2.34. The molecule has 1 aromatic carbocycles. The Morgan fingerprint density at radius 1 is 1.00 bits per heavy atom. The normalized spacial score (nSPS) is 21.1. The topological polar surface area (TPSA) is 31.2 Å². The average molecular weight is 311 g/mol. The molecule has 0 unspecified atom stereocenters. The van der Waals surface area contributed by atoms with Gasteiger partial charge in [0.05, 0.1) is 5.92 Å². The summed E-state index contributed by atoms with van der Waals surface area (Å²) in [4.78, 5) is 12.3. The maximum atomic E-state index is 12.3. The number of esters is 1. The van der Waals surface area contributed by atoms with E-state index in [1.807, 2.05) is 30.3 Å². The predicted molar refractivity (Wildman–Crippen MR) is 91.1 cm³/mol. The van der Waals surface area contributed by atoms with Crippen molar-refractivity contribution in [2.24, 2.45) is 5.92 Å². The van der Waals surface area contributed by atoms with Crippen molar-refractivity contribution in [1.29, 1.82) is 0 Å². The van der Waals surface area contributed by atoms with E-state index in [0.717, 1.165) is 31.2 Å². The van der Waals surface area contributed by atoms with Crippen LogP contribution in [-0.2, 0) is 16.1 Å². The number of hydrogen-bond donors (Lipinski definition) is 0. The number of ether oxygens (including phenoxy) is 1. The largest absolute Gasteiger partial charge is 0.461 e. The van der Waals surface area contributed by atoms with Crippen molar-refractivity contribution in [3.63, 3.8) is 0 Å². The lowest BCUT2D eigenvalue weighted by Crippen LogP contribution is -2.25. The molecule has 1 fully saturated rings. The Labute approximate surface area is 138 Å². The first kappa shape index (κ1) is 15.9. The van der Waals surface area contributed by atoms with E-state index >= 15 is 0 Å². The molecule has 0 atom stereocenters. The predicted octanol–water partition coefficient (Wildman–Crippen LogP) is 4.58. The second-order valence-corrected chi connectivity index (χ2v) is 6.58. The van der Waals surface area contributed by atoms with E-state index in [-0.39, 0.29) is 11.9 Å². The second kappa shape index (κ2) is 7.03. The molecule has 122 valence electrons. The van der Waals surface area contributed by atoms with Crippen LogP contribution in [0.2, 0.25) is 0 Å². The van der Waals surface area contributed by atoms with Crippen LogP contribution < -0.4 is 0 Å². The fraction of sp³-hybridized carbons (Fsp3) is 0.450. The van der Waals surface area contributed by atoms with Gasteiger partial charge in [0.25, 0.3) is 0 Å².